The van der Waals surface area contributed by atoms with Crippen LogP contribution in [-0.2, 0) is 6.18 Å². The summed E-state index contributed by atoms with van der Waals surface area (Å²) in [6, 6.07) is 11.4. The van der Waals surface area contributed by atoms with Crippen molar-refractivity contribution in [3.05, 3.63) is 81.1 Å². The Balaban J connectivity index is 2.04. The van der Waals surface area contributed by atoms with E-state index < -0.39 is 17.6 Å². The van der Waals surface area contributed by atoms with E-state index in [4.69, 9.17) is 23.2 Å². The van der Waals surface area contributed by atoms with Crippen molar-refractivity contribution < 1.29 is 18.0 Å². The number of nitrogens with zero attached hydrogens (tertiary/aromatic N) is 1. The number of para-hydroxylation sites is 1. The number of rotatable bonds is 3. The predicted molar refractivity (Wildman–Crippen MR) is 105 cm³/mol. The van der Waals surface area contributed by atoms with Gasteiger partial charge in [0.05, 0.1) is 27.5 Å². The van der Waals surface area contributed by atoms with Crippen LogP contribution in [0.15, 0.2) is 48.5 Å². The van der Waals surface area contributed by atoms with Gasteiger partial charge in [-0.15, -0.1) is 0 Å². The molecule has 0 saturated carbocycles. The van der Waals surface area contributed by atoms with Gasteiger partial charge < -0.3 is 9.88 Å². The Kier molecular flexibility index (Phi) is 5.46. The van der Waals surface area contributed by atoms with Gasteiger partial charge in [0.2, 0.25) is 0 Å². The van der Waals surface area contributed by atoms with Crippen LogP contribution in [0.3, 0.4) is 0 Å². The number of amides is 1. The Bertz CT molecular complexity index is 1060. The molecule has 2 aromatic carbocycles. The molecule has 0 radical (unpaired) electrons. The first-order valence-electron chi connectivity index (χ1n) is 8.21. The zero-order valence-corrected chi connectivity index (χ0v) is 16.4. The summed E-state index contributed by atoms with van der Waals surface area (Å²) < 4.78 is 41.7. The van der Waals surface area contributed by atoms with Gasteiger partial charge in [-0.3, -0.25) is 4.79 Å². The van der Waals surface area contributed by atoms with E-state index in [0.29, 0.717) is 27.1 Å². The summed E-state index contributed by atoms with van der Waals surface area (Å²) in [6.07, 6.45) is -4.52. The van der Waals surface area contributed by atoms with Crippen molar-refractivity contribution in [3.63, 3.8) is 0 Å². The average molecular weight is 427 g/mol. The average Bonchev–Trinajstić information content (AvgIpc) is 2.92. The molecule has 3 nitrogen and oxygen atoms in total. The number of anilines is 1. The summed E-state index contributed by atoms with van der Waals surface area (Å²) in [5.41, 5.74) is 0.623. The predicted octanol–water partition coefficient (Wildman–Crippen LogP) is 6.67. The fourth-order valence-corrected chi connectivity index (χ4v) is 3.39. The molecule has 0 spiro atoms. The third kappa shape index (κ3) is 3.88. The number of hydrogen-bond acceptors (Lipinski definition) is 1. The second kappa shape index (κ2) is 7.53. The van der Waals surface area contributed by atoms with E-state index in [0.717, 1.165) is 6.07 Å². The second-order valence-electron chi connectivity index (χ2n) is 6.21. The first-order valence-corrected chi connectivity index (χ1v) is 8.97. The molecule has 0 aliphatic rings. The van der Waals surface area contributed by atoms with Gasteiger partial charge in [-0.1, -0.05) is 35.3 Å². The van der Waals surface area contributed by atoms with Crippen molar-refractivity contribution in [1.82, 2.24) is 4.57 Å². The molecule has 0 aliphatic heterocycles. The van der Waals surface area contributed by atoms with E-state index >= 15 is 0 Å². The van der Waals surface area contributed by atoms with Gasteiger partial charge in [-0.2, -0.15) is 13.2 Å². The van der Waals surface area contributed by atoms with Gasteiger partial charge in [0.1, 0.15) is 0 Å². The minimum absolute atomic E-state index is 0.0372. The third-order valence-corrected chi connectivity index (χ3v) is 4.87. The lowest BCUT2D eigenvalue weighted by Gasteiger charge is -2.17. The van der Waals surface area contributed by atoms with Gasteiger partial charge in [0, 0.05) is 16.4 Å². The van der Waals surface area contributed by atoms with E-state index in [1.54, 1.807) is 26.0 Å². The SMILES string of the molecule is Cc1cc(C(=O)Nc2cc(Cl)ccc2Cl)c(C)n1-c1ccccc1C(F)(F)F. The number of halogens is 5. The normalized spacial score (nSPS) is 11.5. The lowest BCUT2D eigenvalue weighted by molar-refractivity contribution is -0.137. The van der Waals surface area contributed by atoms with Crippen LogP contribution in [0.5, 0.6) is 0 Å². The smallest absolute Gasteiger partial charge is 0.321 e. The maximum absolute atomic E-state index is 13.4. The molecule has 1 amide bonds. The molecule has 28 heavy (non-hydrogen) atoms. The summed E-state index contributed by atoms with van der Waals surface area (Å²) in [6.45, 7) is 3.23. The number of carbonyl (C=O) groups excluding carboxylic acids is 1. The molecule has 0 unspecified atom stereocenters. The monoisotopic (exact) mass is 426 g/mol. The van der Waals surface area contributed by atoms with Gasteiger partial charge in [0.15, 0.2) is 0 Å². The van der Waals surface area contributed by atoms with Crippen molar-refractivity contribution in [1.29, 1.82) is 0 Å². The van der Waals surface area contributed by atoms with Crippen molar-refractivity contribution in [2.45, 2.75) is 20.0 Å². The number of hydrogen-bond donors (Lipinski definition) is 1. The molecule has 146 valence electrons. The molecule has 1 heterocycles. The van der Waals surface area contributed by atoms with E-state index in [1.165, 1.54) is 34.9 Å². The molecule has 1 aromatic heterocycles. The molecular weight excluding hydrogens is 412 g/mol. The highest BCUT2D eigenvalue weighted by molar-refractivity contribution is 6.35. The molecular formula is C20H15Cl2F3N2O. The zero-order chi connectivity index (χ0) is 20.6. The third-order valence-electron chi connectivity index (χ3n) is 4.30. The Morgan fingerprint density at radius 1 is 1.04 bits per heavy atom. The van der Waals surface area contributed by atoms with Gasteiger partial charge >= 0.3 is 6.18 Å². The molecule has 8 heteroatoms. The fraction of sp³-hybridized carbons (Fsp3) is 0.150. The highest BCUT2D eigenvalue weighted by Crippen LogP contribution is 2.35. The molecule has 1 N–H and O–H groups in total. The Morgan fingerprint density at radius 2 is 1.71 bits per heavy atom. The van der Waals surface area contributed by atoms with Crippen LogP contribution in [0, 0.1) is 13.8 Å². The number of carbonyl (C=O) groups is 1. The van der Waals surface area contributed by atoms with E-state index in [-0.39, 0.29) is 11.3 Å². The lowest BCUT2D eigenvalue weighted by atomic mass is 10.1. The van der Waals surface area contributed by atoms with E-state index in [9.17, 15) is 18.0 Å². The van der Waals surface area contributed by atoms with Crippen LogP contribution in [0.2, 0.25) is 10.0 Å². The number of benzene rings is 2. The Morgan fingerprint density at radius 3 is 2.39 bits per heavy atom. The molecule has 0 aliphatic carbocycles. The quantitative estimate of drug-likeness (QED) is 0.498. The first-order chi connectivity index (χ1) is 13.1. The van der Waals surface area contributed by atoms with Crippen LogP contribution in [-0.4, -0.2) is 10.5 Å². The molecule has 0 fully saturated rings. The molecule has 3 rings (SSSR count). The largest absolute Gasteiger partial charge is 0.418 e. The van der Waals surface area contributed by atoms with Crippen molar-refractivity contribution >= 4 is 34.8 Å². The van der Waals surface area contributed by atoms with Crippen LogP contribution in [0.25, 0.3) is 5.69 Å². The number of alkyl halides is 3. The van der Waals surface area contributed by atoms with Crippen LogP contribution >= 0.6 is 23.2 Å². The molecule has 0 atom stereocenters. The minimum atomic E-state index is -4.52. The Labute approximate surface area is 169 Å². The number of aryl methyl sites for hydroxylation is 1. The summed E-state index contributed by atoms with van der Waals surface area (Å²) in [5, 5.41) is 3.35. The summed E-state index contributed by atoms with van der Waals surface area (Å²) in [5.74, 6) is -0.493. The van der Waals surface area contributed by atoms with Crippen molar-refractivity contribution in [3.8, 4) is 5.69 Å². The van der Waals surface area contributed by atoms with Crippen molar-refractivity contribution in [2.75, 3.05) is 5.32 Å². The summed E-state index contributed by atoms with van der Waals surface area (Å²) >= 11 is 12.0. The highest BCUT2D eigenvalue weighted by atomic mass is 35.5. The van der Waals surface area contributed by atoms with Crippen LogP contribution < -0.4 is 5.32 Å². The number of aromatic nitrogens is 1. The van der Waals surface area contributed by atoms with Crippen molar-refractivity contribution in [2.24, 2.45) is 0 Å². The van der Waals surface area contributed by atoms with Gasteiger partial charge in [-0.25, -0.2) is 0 Å². The maximum Gasteiger partial charge on any atom is 0.418 e. The minimum Gasteiger partial charge on any atom is -0.321 e. The highest BCUT2D eigenvalue weighted by Gasteiger charge is 2.34. The maximum atomic E-state index is 13.4. The lowest BCUT2D eigenvalue weighted by Crippen LogP contribution is -2.15. The zero-order valence-electron chi connectivity index (χ0n) is 14.9. The number of nitrogens with one attached hydrogen (secondary N) is 1. The Hall–Kier alpha value is -2.44. The van der Waals surface area contributed by atoms with Gasteiger partial charge in [-0.05, 0) is 50.2 Å². The van der Waals surface area contributed by atoms with Gasteiger partial charge in [0.25, 0.3) is 5.91 Å². The van der Waals surface area contributed by atoms with E-state index in [1.807, 2.05) is 0 Å². The summed E-state index contributed by atoms with van der Waals surface area (Å²) in [7, 11) is 0. The molecule has 3 aromatic rings. The standard InChI is InChI=1S/C20H15Cl2F3N2O/c1-11-9-14(19(28)26-17-10-13(21)7-8-16(17)22)12(2)27(11)18-6-4-3-5-15(18)20(23,24)25/h3-10H,1-2H3,(H,26,28). The van der Waals surface area contributed by atoms with Crippen LogP contribution in [0.1, 0.15) is 27.3 Å². The van der Waals surface area contributed by atoms with E-state index in [2.05, 4.69) is 5.32 Å². The topological polar surface area (TPSA) is 34.0 Å². The second-order valence-corrected chi connectivity index (χ2v) is 7.06. The molecule has 0 bridgehead atoms. The first kappa shape index (κ1) is 20.3. The summed E-state index contributed by atoms with van der Waals surface area (Å²) in [4.78, 5) is 12.7. The van der Waals surface area contributed by atoms with Crippen LogP contribution in [0.4, 0.5) is 18.9 Å². The fourth-order valence-electron chi connectivity index (χ4n) is 3.05. The molecule has 0 saturated heterocycles.